The first-order valence-electron chi connectivity index (χ1n) is 10.6. The molecule has 3 N–H and O–H groups in total. The summed E-state index contributed by atoms with van der Waals surface area (Å²) >= 11 is 0. The lowest BCUT2D eigenvalue weighted by molar-refractivity contribution is -0.193. The number of amides is 1. The van der Waals surface area contributed by atoms with E-state index in [4.69, 9.17) is 19.8 Å². The Morgan fingerprint density at radius 3 is 1.97 bits per heavy atom. The number of nitrogens with one attached hydrogen (secondary N) is 1. The number of aromatic nitrogens is 3. The molecule has 3 heterocycles. The summed E-state index contributed by atoms with van der Waals surface area (Å²) in [5, 5.41) is 21.4. The Morgan fingerprint density at radius 2 is 1.57 bits per heavy atom. The second-order valence-corrected chi connectivity index (χ2v) is 8.31. The van der Waals surface area contributed by atoms with Crippen LogP contribution in [0, 0.1) is 17.8 Å². The Hall–Kier alpha value is -3.69. The third-order valence-electron chi connectivity index (χ3n) is 5.46. The number of hydrogen-bond donors (Lipinski definition) is 3. The van der Waals surface area contributed by atoms with Crippen molar-refractivity contribution >= 4 is 23.5 Å². The standard InChI is InChI=1S/C17H21N5O.2C2HF3O2/c1-21-8-12(6-19-21)9-22-10-15-14(16(15)11-22)5-17(23)20-13-3-2-4-18-7-13;2*3-2(4,5)1(6)7/h2-4,6-8,14-16H,5,9-11H2,1H3,(H,20,23);2*(H,6,7)/t14?,15-,16+;;. The molecule has 4 rings (SSSR count). The number of fused-ring (bicyclic) bond motifs is 1. The first-order valence-corrected chi connectivity index (χ1v) is 10.6. The number of likely N-dealkylation sites (tertiary alicyclic amines) is 1. The van der Waals surface area contributed by atoms with E-state index in [2.05, 4.69) is 26.5 Å². The number of halogens is 6. The lowest BCUT2D eigenvalue weighted by Gasteiger charge is -2.18. The van der Waals surface area contributed by atoms with E-state index in [-0.39, 0.29) is 5.91 Å². The lowest BCUT2D eigenvalue weighted by Crippen LogP contribution is -2.25. The van der Waals surface area contributed by atoms with Gasteiger partial charge in [0.05, 0.1) is 18.1 Å². The van der Waals surface area contributed by atoms with Gasteiger partial charge in [0.1, 0.15) is 0 Å². The van der Waals surface area contributed by atoms with Crippen molar-refractivity contribution < 1.29 is 50.9 Å². The minimum absolute atomic E-state index is 0.108. The number of piperidine rings is 1. The van der Waals surface area contributed by atoms with Crippen LogP contribution in [0.3, 0.4) is 0 Å². The van der Waals surface area contributed by atoms with Gasteiger partial charge < -0.3 is 15.5 Å². The van der Waals surface area contributed by atoms with Crippen LogP contribution >= 0.6 is 0 Å². The highest BCUT2D eigenvalue weighted by Crippen LogP contribution is 2.53. The van der Waals surface area contributed by atoms with Gasteiger partial charge in [-0.3, -0.25) is 19.4 Å². The van der Waals surface area contributed by atoms with Crippen molar-refractivity contribution in [3.05, 3.63) is 42.5 Å². The molecule has 1 aliphatic carbocycles. The zero-order valence-corrected chi connectivity index (χ0v) is 19.2. The van der Waals surface area contributed by atoms with Gasteiger partial charge in [0.2, 0.25) is 5.91 Å². The fourth-order valence-corrected chi connectivity index (χ4v) is 3.84. The fraction of sp³-hybridized carbons (Fsp3) is 0.476. The van der Waals surface area contributed by atoms with Crippen LogP contribution in [0.5, 0.6) is 0 Å². The normalized spacial score (nSPS) is 20.5. The minimum atomic E-state index is -5.08. The molecule has 0 spiro atoms. The van der Waals surface area contributed by atoms with Crippen LogP contribution in [0.4, 0.5) is 32.0 Å². The summed E-state index contributed by atoms with van der Waals surface area (Å²) in [7, 11) is 1.95. The first-order chi connectivity index (χ1) is 17.1. The van der Waals surface area contributed by atoms with Crippen molar-refractivity contribution in [3.63, 3.8) is 0 Å². The molecule has 0 aromatic carbocycles. The molecule has 1 saturated carbocycles. The monoisotopic (exact) mass is 539 g/mol. The van der Waals surface area contributed by atoms with Gasteiger partial charge in [0.15, 0.2) is 0 Å². The Morgan fingerprint density at radius 1 is 1.03 bits per heavy atom. The number of carbonyl (C=O) groups excluding carboxylic acids is 1. The van der Waals surface area contributed by atoms with E-state index in [9.17, 15) is 31.1 Å². The predicted octanol–water partition coefficient (Wildman–Crippen LogP) is 2.79. The molecule has 1 saturated heterocycles. The SMILES string of the molecule is Cn1cc(CN2C[C@@H]3C(CC(=O)Nc4cccnc4)[C@@H]3C2)cn1.O=C(O)C(F)(F)F.O=C(O)C(F)(F)F. The Bertz CT molecular complexity index is 1040. The summed E-state index contributed by atoms with van der Waals surface area (Å²) in [4.78, 5) is 36.4. The van der Waals surface area contributed by atoms with Crippen LogP contribution in [0.1, 0.15) is 12.0 Å². The number of alkyl halides is 6. The van der Waals surface area contributed by atoms with Gasteiger partial charge in [-0.05, 0) is 29.9 Å². The Labute approximate surface area is 205 Å². The average molecular weight is 539 g/mol. The molecule has 2 fully saturated rings. The van der Waals surface area contributed by atoms with Crippen LogP contribution < -0.4 is 5.32 Å². The number of carbonyl (C=O) groups is 3. The number of carboxylic acids is 2. The van der Waals surface area contributed by atoms with Crippen molar-refractivity contribution in [2.45, 2.75) is 25.3 Å². The zero-order chi connectivity index (χ0) is 28.0. The van der Waals surface area contributed by atoms with Gasteiger partial charge in [-0.2, -0.15) is 31.4 Å². The van der Waals surface area contributed by atoms with Crippen LogP contribution in [-0.4, -0.2) is 73.2 Å². The summed E-state index contributed by atoms with van der Waals surface area (Å²) in [6.45, 7) is 3.17. The molecule has 2 aliphatic rings. The lowest BCUT2D eigenvalue weighted by atomic mass is 10.1. The quantitative estimate of drug-likeness (QED) is 0.494. The highest BCUT2D eigenvalue weighted by molar-refractivity contribution is 5.90. The largest absolute Gasteiger partial charge is 0.490 e. The van der Waals surface area contributed by atoms with E-state index in [1.165, 1.54) is 5.56 Å². The number of hydrogen-bond acceptors (Lipinski definition) is 6. The van der Waals surface area contributed by atoms with Crippen molar-refractivity contribution in [2.24, 2.45) is 24.8 Å². The first kappa shape index (κ1) is 29.5. The molecular formula is C21H23F6N5O5. The number of aliphatic carboxylic acids is 2. The molecular weight excluding hydrogens is 516 g/mol. The van der Waals surface area contributed by atoms with Gasteiger partial charge in [-0.1, -0.05) is 0 Å². The number of carboxylic acid groups (broad SMARTS) is 2. The summed E-state index contributed by atoms with van der Waals surface area (Å²) in [5.74, 6) is -3.48. The number of pyridine rings is 1. The second kappa shape index (κ2) is 12.0. The maximum atomic E-state index is 12.1. The Kier molecular flexibility index (Phi) is 9.61. The van der Waals surface area contributed by atoms with Gasteiger partial charge in [0, 0.05) is 51.1 Å². The van der Waals surface area contributed by atoms with Gasteiger partial charge >= 0.3 is 24.3 Å². The Balaban J connectivity index is 0.000000286. The maximum absolute atomic E-state index is 12.1. The van der Waals surface area contributed by atoms with Gasteiger partial charge in [0.25, 0.3) is 0 Å². The van der Waals surface area contributed by atoms with Crippen molar-refractivity contribution in [3.8, 4) is 0 Å². The van der Waals surface area contributed by atoms with E-state index in [0.717, 1.165) is 25.3 Å². The third-order valence-corrected chi connectivity index (χ3v) is 5.46. The molecule has 2 aromatic heterocycles. The molecule has 37 heavy (non-hydrogen) atoms. The molecule has 10 nitrogen and oxygen atoms in total. The molecule has 1 aliphatic heterocycles. The van der Waals surface area contributed by atoms with Crippen LogP contribution in [-0.2, 0) is 28.0 Å². The minimum Gasteiger partial charge on any atom is -0.475 e. The fourth-order valence-electron chi connectivity index (χ4n) is 3.84. The van der Waals surface area contributed by atoms with Crippen molar-refractivity contribution in [1.29, 1.82) is 0 Å². The zero-order valence-electron chi connectivity index (χ0n) is 19.2. The summed E-state index contributed by atoms with van der Waals surface area (Å²) in [6, 6.07) is 3.70. The van der Waals surface area contributed by atoms with E-state index in [0.29, 0.717) is 24.2 Å². The molecule has 16 heteroatoms. The van der Waals surface area contributed by atoms with E-state index in [1.54, 1.807) is 12.4 Å². The molecule has 0 radical (unpaired) electrons. The number of nitrogens with zero attached hydrogens (tertiary/aromatic N) is 4. The van der Waals surface area contributed by atoms with Crippen molar-refractivity contribution in [1.82, 2.24) is 19.7 Å². The van der Waals surface area contributed by atoms with Crippen LogP contribution in [0.25, 0.3) is 0 Å². The average Bonchev–Trinajstić information content (AvgIpc) is 3.10. The smallest absolute Gasteiger partial charge is 0.475 e. The molecule has 1 unspecified atom stereocenters. The van der Waals surface area contributed by atoms with E-state index >= 15 is 0 Å². The molecule has 204 valence electrons. The highest BCUT2D eigenvalue weighted by Gasteiger charge is 2.55. The highest BCUT2D eigenvalue weighted by atomic mass is 19.4. The topological polar surface area (TPSA) is 138 Å². The van der Waals surface area contributed by atoms with Gasteiger partial charge in [-0.15, -0.1) is 0 Å². The summed E-state index contributed by atoms with van der Waals surface area (Å²) in [5.41, 5.74) is 2.04. The van der Waals surface area contributed by atoms with E-state index in [1.807, 2.05) is 30.1 Å². The van der Waals surface area contributed by atoms with Crippen molar-refractivity contribution in [2.75, 3.05) is 18.4 Å². The molecule has 3 atom stereocenters. The molecule has 1 amide bonds. The second-order valence-electron chi connectivity index (χ2n) is 8.31. The number of aryl methyl sites for hydroxylation is 1. The summed E-state index contributed by atoms with van der Waals surface area (Å²) in [6.07, 6.45) is -2.14. The third kappa shape index (κ3) is 9.70. The summed E-state index contributed by atoms with van der Waals surface area (Å²) < 4.78 is 65.3. The predicted molar refractivity (Wildman–Crippen MR) is 114 cm³/mol. The van der Waals surface area contributed by atoms with E-state index < -0.39 is 24.3 Å². The molecule has 2 aromatic rings. The van der Waals surface area contributed by atoms with Crippen LogP contribution in [0.15, 0.2) is 36.9 Å². The molecule has 0 bridgehead atoms. The maximum Gasteiger partial charge on any atom is 0.490 e. The van der Waals surface area contributed by atoms with Gasteiger partial charge in [-0.25, -0.2) is 9.59 Å². The number of rotatable bonds is 5. The number of anilines is 1. The van der Waals surface area contributed by atoms with Crippen LogP contribution in [0.2, 0.25) is 0 Å².